The van der Waals surface area contributed by atoms with Gasteiger partial charge in [0.05, 0.1) is 36.0 Å². The molecule has 0 spiro atoms. The Kier molecular flexibility index (Phi) is 6.57. The lowest BCUT2D eigenvalue weighted by molar-refractivity contribution is 0.0683. The fraction of sp³-hybridized carbons (Fsp3) is 0.167. The molecular formula is C24H16F4N2O8. The van der Waals surface area contributed by atoms with Crippen molar-refractivity contribution >= 4 is 33.7 Å². The molecule has 0 unspecified atom stereocenters. The van der Waals surface area contributed by atoms with Crippen molar-refractivity contribution in [2.45, 2.75) is 13.1 Å². The summed E-state index contributed by atoms with van der Waals surface area (Å²) in [6, 6.07) is 1.02. The van der Waals surface area contributed by atoms with E-state index in [1.807, 2.05) is 0 Å². The summed E-state index contributed by atoms with van der Waals surface area (Å²) >= 11 is 0. The Morgan fingerprint density at radius 1 is 0.737 bits per heavy atom. The van der Waals surface area contributed by atoms with Crippen LogP contribution in [-0.2, 0) is 13.1 Å². The molecule has 198 valence electrons. The van der Waals surface area contributed by atoms with Gasteiger partial charge in [-0.05, 0) is 12.1 Å². The van der Waals surface area contributed by atoms with Crippen LogP contribution in [0.4, 0.5) is 17.6 Å². The first kappa shape index (κ1) is 26.2. The van der Waals surface area contributed by atoms with Gasteiger partial charge in [0.25, 0.3) is 0 Å². The molecule has 0 fully saturated rings. The molecule has 2 heterocycles. The van der Waals surface area contributed by atoms with Gasteiger partial charge in [-0.2, -0.15) is 8.78 Å². The van der Waals surface area contributed by atoms with Crippen LogP contribution in [-0.4, -0.2) is 45.5 Å². The first-order valence-corrected chi connectivity index (χ1v) is 10.6. The standard InChI is InChI=1S/C24H16F4N2O8/c1-37-21-15(27)13(25)5-9-17(21)29(7-11(19(9)31)23(33)34)3-4-30-8-12(24(35)36)20(32)10-6-14(26)16(28)22(38-2)18(10)30/h5-8H,3-4H2,1-2H3,(H,33,34)(H,35,36). The van der Waals surface area contributed by atoms with Gasteiger partial charge in [-0.3, -0.25) is 9.59 Å². The van der Waals surface area contributed by atoms with Crippen LogP contribution in [0.1, 0.15) is 20.7 Å². The number of carbonyl (C=O) groups is 2. The summed E-state index contributed by atoms with van der Waals surface area (Å²) in [6.07, 6.45) is 1.68. The van der Waals surface area contributed by atoms with Crippen LogP contribution in [0.25, 0.3) is 21.8 Å². The van der Waals surface area contributed by atoms with Gasteiger partial charge in [0.15, 0.2) is 23.1 Å². The summed E-state index contributed by atoms with van der Waals surface area (Å²) in [5, 5.41) is 17.9. The molecule has 14 heteroatoms. The van der Waals surface area contributed by atoms with Gasteiger partial charge in [-0.1, -0.05) is 0 Å². The number of methoxy groups -OCH3 is 2. The molecule has 0 amide bonds. The van der Waals surface area contributed by atoms with Gasteiger partial charge in [-0.25, -0.2) is 18.4 Å². The average Bonchev–Trinajstić information content (AvgIpc) is 2.86. The minimum atomic E-state index is -1.67. The van der Waals surface area contributed by atoms with E-state index in [9.17, 15) is 47.0 Å². The Labute approximate surface area is 208 Å². The highest BCUT2D eigenvalue weighted by Gasteiger charge is 2.25. The van der Waals surface area contributed by atoms with E-state index in [2.05, 4.69) is 0 Å². The molecule has 2 N–H and O–H groups in total. The third kappa shape index (κ3) is 3.99. The largest absolute Gasteiger partial charge is 0.491 e. The van der Waals surface area contributed by atoms with Gasteiger partial charge in [0.2, 0.25) is 22.5 Å². The lowest BCUT2D eigenvalue weighted by Crippen LogP contribution is -2.23. The van der Waals surface area contributed by atoms with E-state index in [-0.39, 0.29) is 24.1 Å². The van der Waals surface area contributed by atoms with E-state index in [1.165, 1.54) is 0 Å². The quantitative estimate of drug-likeness (QED) is 0.344. The molecule has 2 aromatic carbocycles. The average molecular weight is 536 g/mol. The smallest absolute Gasteiger partial charge is 0.341 e. The van der Waals surface area contributed by atoms with Crippen molar-refractivity contribution in [3.8, 4) is 11.5 Å². The van der Waals surface area contributed by atoms with Crippen molar-refractivity contribution in [1.82, 2.24) is 9.13 Å². The number of fused-ring (bicyclic) bond motifs is 2. The lowest BCUT2D eigenvalue weighted by Gasteiger charge is -2.19. The van der Waals surface area contributed by atoms with Crippen molar-refractivity contribution < 1.29 is 46.8 Å². The number of ether oxygens (including phenoxy) is 2. The van der Waals surface area contributed by atoms with Crippen LogP contribution in [0.15, 0.2) is 34.1 Å². The van der Waals surface area contributed by atoms with Crippen LogP contribution < -0.4 is 20.3 Å². The fourth-order valence-electron chi connectivity index (χ4n) is 4.20. The minimum Gasteiger partial charge on any atom is -0.491 e. The number of aryl methyl sites for hydroxylation is 2. The molecule has 0 aliphatic rings. The Morgan fingerprint density at radius 3 is 1.37 bits per heavy atom. The zero-order chi connectivity index (χ0) is 28.0. The number of rotatable bonds is 7. The molecule has 2 aromatic heterocycles. The molecule has 38 heavy (non-hydrogen) atoms. The maximum Gasteiger partial charge on any atom is 0.341 e. The maximum atomic E-state index is 14.5. The third-order valence-corrected chi connectivity index (χ3v) is 5.87. The normalized spacial score (nSPS) is 11.2. The molecule has 0 aliphatic carbocycles. The summed E-state index contributed by atoms with van der Waals surface area (Å²) in [4.78, 5) is 48.7. The predicted molar refractivity (Wildman–Crippen MR) is 123 cm³/mol. The lowest BCUT2D eigenvalue weighted by atomic mass is 10.1. The van der Waals surface area contributed by atoms with Gasteiger partial charge >= 0.3 is 11.9 Å². The summed E-state index contributed by atoms with van der Waals surface area (Å²) in [5.41, 5.74) is -4.49. The first-order chi connectivity index (χ1) is 17.9. The molecule has 0 saturated carbocycles. The molecule has 0 saturated heterocycles. The second-order valence-corrected chi connectivity index (χ2v) is 7.94. The number of carboxylic acid groups (broad SMARTS) is 2. The van der Waals surface area contributed by atoms with Gasteiger partial charge in [-0.15, -0.1) is 0 Å². The van der Waals surface area contributed by atoms with Crippen LogP contribution in [0.2, 0.25) is 0 Å². The van der Waals surface area contributed by atoms with E-state index in [4.69, 9.17) is 9.47 Å². The number of carboxylic acids is 2. The molecule has 0 atom stereocenters. The van der Waals surface area contributed by atoms with Crippen molar-refractivity contribution in [2.24, 2.45) is 0 Å². The van der Waals surface area contributed by atoms with Crippen molar-refractivity contribution in [2.75, 3.05) is 14.2 Å². The van der Waals surface area contributed by atoms with Crippen LogP contribution >= 0.6 is 0 Å². The number of hydrogen-bond donors (Lipinski definition) is 2. The Bertz CT molecular complexity index is 1660. The van der Waals surface area contributed by atoms with E-state index in [0.717, 1.165) is 35.7 Å². The number of nitrogens with zero attached hydrogens (tertiary/aromatic N) is 2. The van der Waals surface area contributed by atoms with Gasteiger partial charge in [0, 0.05) is 25.5 Å². The SMILES string of the molecule is COc1c(F)c(F)cc2c(=O)c(C(=O)O)cn(CCn3cc(C(=O)O)c(=O)c4cc(F)c(F)c(OC)c43)c12. The Morgan fingerprint density at radius 2 is 1.08 bits per heavy atom. The highest BCUT2D eigenvalue weighted by Crippen LogP contribution is 2.32. The molecule has 0 radical (unpaired) electrons. The highest BCUT2D eigenvalue weighted by molar-refractivity contribution is 5.95. The van der Waals surface area contributed by atoms with E-state index < -0.39 is 79.5 Å². The number of aromatic carboxylic acids is 2. The van der Waals surface area contributed by atoms with E-state index >= 15 is 0 Å². The topological polar surface area (TPSA) is 137 Å². The van der Waals surface area contributed by atoms with Crippen molar-refractivity contribution in [3.05, 3.63) is 79.4 Å². The fourth-order valence-corrected chi connectivity index (χ4v) is 4.20. The molecule has 4 aromatic rings. The van der Waals surface area contributed by atoms with Crippen molar-refractivity contribution in [3.63, 3.8) is 0 Å². The zero-order valence-electron chi connectivity index (χ0n) is 19.5. The number of benzene rings is 2. The number of pyridine rings is 2. The second-order valence-electron chi connectivity index (χ2n) is 7.94. The predicted octanol–water partition coefficient (Wildman–Crippen LogP) is 2.99. The van der Waals surface area contributed by atoms with Gasteiger partial charge in [0.1, 0.15) is 11.1 Å². The van der Waals surface area contributed by atoms with Crippen LogP contribution in [0.5, 0.6) is 11.5 Å². The number of halogens is 4. The number of hydrogen-bond acceptors (Lipinski definition) is 6. The maximum absolute atomic E-state index is 14.5. The summed E-state index contributed by atoms with van der Waals surface area (Å²) in [5.74, 6) is -10.6. The van der Waals surface area contributed by atoms with Gasteiger partial charge < -0.3 is 28.8 Å². The van der Waals surface area contributed by atoms with E-state index in [0.29, 0.717) is 12.1 Å². The molecular weight excluding hydrogens is 520 g/mol. The Balaban J connectivity index is 2.02. The monoisotopic (exact) mass is 536 g/mol. The third-order valence-electron chi connectivity index (χ3n) is 5.87. The zero-order valence-corrected chi connectivity index (χ0v) is 19.5. The summed E-state index contributed by atoms with van der Waals surface area (Å²) < 4.78 is 69.3. The summed E-state index contributed by atoms with van der Waals surface area (Å²) in [6.45, 7) is -0.755. The first-order valence-electron chi connectivity index (χ1n) is 10.6. The Hall–Kier alpha value is -4.88. The highest BCUT2D eigenvalue weighted by atomic mass is 19.2. The van der Waals surface area contributed by atoms with E-state index in [1.54, 1.807) is 0 Å². The molecule has 0 bridgehead atoms. The van der Waals surface area contributed by atoms with Crippen molar-refractivity contribution in [1.29, 1.82) is 0 Å². The van der Waals surface area contributed by atoms with Crippen LogP contribution in [0.3, 0.4) is 0 Å². The molecule has 4 rings (SSSR count). The second kappa shape index (κ2) is 9.53. The molecule has 0 aliphatic heterocycles. The summed E-state index contributed by atoms with van der Waals surface area (Å²) in [7, 11) is 1.99. The minimum absolute atomic E-state index is 0.325. The molecule has 10 nitrogen and oxygen atoms in total. The van der Waals surface area contributed by atoms with Crippen LogP contribution in [0, 0.1) is 23.3 Å². The number of aromatic nitrogens is 2.